The maximum atomic E-state index is 6.01. The Morgan fingerprint density at radius 3 is 2.73 bits per heavy atom. The summed E-state index contributed by atoms with van der Waals surface area (Å²) >= 11 is 0. The van der Waals surface area contributed by atoms with Crippen LogP contribution in [0.5, 0.6) is 0 Å². The first kappa shape index (κ1) is 9.86. The van der Waals surface area contributed by atoms with E-state index >= 15 is 0 Å². The van der Waals surface area contributed by atoms with Crippen LogP contribution in [0.25, 0.3) is 0 Å². The van der Waals surface area contributed by atoms with Gasteiger partial charge in [-0.15, -0.1) is 0 Å². The maximum absolute atomic E-state index is 6.01. The number of nitrogens with zero attached hydrogens (tertiary/aromatic N) is 3. The molecule has 0 fully saturated rings. The average molecular weight is 202 g/mol. The molecule has 1 aromatic heterocycles. The van der Waals surface area contributed by atoms with Crippen LogP contribution in [0.15, 0.2) is 43.0 Å². The highest BCUT2D eigenvalue weighted by Gasteiger charge is 2.04. The van der Waals surface area contributed by atoms with Crippen molar-refractivity contribution in [2.75, 3.05) is 0 Å². The SMILES string of the molecule is N[C@@H](Cc1ccccc1)Cn1cncn1. The molecule has 0 bridgehead atoms. The molecule has 0 radical (unpaired) electrons. The van der Waals surface area contributed by atoms with Crippen molar-refractivity contribution in [1.29, 1.82) is 0 Å². The molecule has 15 heavy (non-hydrogen) atoms. The molecule has 0 saturated heterocycles. The predicted octanol–water partition coefficient (Wildman–Crippen LogP) is 0.848. The molecular formula is C11H14N4. The van der Waals surface area contributed by atoms with E-state index in [0.29, 0.717) is 6.54 Å². The molecule has 0 saturated carbocycles. The number of benzene rings is 1. The van der Waals surface area contributed by atoms with E-state index in [1.807, 2.05) is 18.2 Å². The normalized spacial score (nSPS) is 12.6. The molecule has 78 valence electrons. The fraction of sp³-hybridized carbons (Fsp3) is 0.273. The van der Waals surface area contributed by atoms with Gasteiger partial charge in [0.25, 0.3) is 0 Å². The van der Waals surface area contributed by atoms with E-state index in [1.165, 1.54) is 11.9 Å². The van der Waals surface area contributed by atoms with Crippen molar-refractivity contribution >= 4 is 0 Å². The van der Waals surface area contributed by atoms with Crippen molar-refractivity contribution in [3.05, 3.63) is 48.5 Å². The second-order valence-corrected chi connectivity index (χ2v) is 3.57. The van der Waals surface area contributed by atoms with Gasteiger partial charge in [0.15, 0.2) is 0 Å². The Kier molecular flexibility index (Phi) is 3.09. The zero-order valence-electron chi connectivity index (χ0n) is 8.45. The summed E-state index contributed by atoms with van der Waals surface area (Å²) in [7, 11) is 0. The van der Waals surface area contributed by atoms with Crippen molar-refractivity contribution in [2.24, 2.45) is 5.73 Å². The summed E-state index contributed by atoms with van der Waals surface area (Å²) in [6, 6.07) is 10.3. The third-order valence-corrected chi connectivity index (χ3v) is 2.23. The highest BCUT2D eigenvalue weighted by molar-refractivity contribution is 5.15. The highest BCUT2D eigenvalue weighted by Crippen LogP contribution is 2.02. The van der Waals surface area contributed by atoms with Crippen LogP contribution in [0.2, 0.25) is 0 Å². The minimum atomic E-state index is 0.0779. The summed E-state index contributed by atoms with van der Waals surface area (Å²) in [5.74, 6) is 0. The van der Waals surface area contributed by atoms with E-state index < -0.39 is 0 Å². The summed E-state index contributed by atoms with van der Waals surface area (Å²) in [5.41, 5.74) is 7.26. The van der Waals surface area contributed by atoms with Crippen molar-refractivity contribution in [1.82, 2.24) is 14.8 Å². The van der Waals surface area contributed by atoms with Crippen molar-refractivity contribution in [3.63, 3.8) is 0 Å². The van der Waals surface area contributed by atoms with Gasteiger partial charge in [0.2, 0.25) is 0 Å². The van der Waals surface area contributed by atoms with Gasteiger partial charge in [-0.3, -0.25) is 4.68 Å². The van der Waals surface area contributed by atoms with Gasteiger partial charge in [0, 0.05) is 6.04 Å². The summed E-state index contributed by atoms with van der Waals surface area (Å²) in [6.45, 7) is 0.703. The monoisotopic (exact) mass is 202 g/mol. The van der Waals surface area contributed by atoms with Gasteiger partial charge in [0.05, 0.1) is 6.54 Å². The van der Waals surface area contributed by atoms with Crippen LogP contribution in [0, 0.1) is 0 Å². The lowest BCUT2D eigenvalue weighted by Gasteiger charge is -2.10. The van der Waals surface area contributed by atoms with Crippen LogP contribution in [-0.2, 0) is 13.0 Å². The van der Waals surface area contributed by atoms with Crippen LogP contribution in [0.4, 0.5) is 0 Å². The van der Waals surface area contributed by atoms with Crippen LogP contribution in [0.1, 0.15) is 5.56 Å². The zero-order valence-corrected chi connectivity index (χ0v) is 8.45. The molecule has 0 aliphatic carbocycles. The van der Waals surface area contributed by atoms with E-state index in [2.05, 4.69) is 22.2 Å². The number of hydrogen-bond acceptors (Lipinski definition) is 3. The molecule has 4 heteroatoms. The zero-order chi connectivity index (χ0) is 10.5. The van der Waals surface area contributed by atoms with Gasteiger partial charge >= 0.3 is 0 Å². The summed E-state index contributed by atoms with van der Waals surface area (Å²) < 4.78 is 1.76. The fourth-order valence-corrected chi connectivity index (χ4v) is 1.55. The van der Waals surface area contributed by atoms with Crippen LogP contribution >= 0.6 is 0 Å². The molecule has 4 nitrogen and oxygen atoms in total. The Balaban J connectivity index is 1.90. The summed E-state index contributed by atoms with van der Waals surface area (Å²) in [6.07, 6.45) is 4.07. The van der Waals surface area contributed by atoms with Crippen molar-refractivity contribution in [2.45, 2.75) is 19.0 Å². The number of nitrogens with two attached hydrogens (primary N) is 1. The number of rotatable bonds is 4. The third-order valence-electron chi connectivity index (χ3n) is 2.23. The molecule has 2 N–H and O–H groups in total. The van der Waals surface area contributed by atoms with Gasteiger partial charge in [-0.1, -0.05) is 30.3 Å². The molecule has 0 aliphatic rings. The first-order valence-electron chi connectivity index (χ1n) is 4.96. The molecule has 0 unspecified atom stereocenters. The molecule has 0 aliphatic heterocycles. The molecule has 1 heterocycles. The summed E-state index contributed by atoms with van der Waals surface area (Å²) in [4.78, 5) is 3.88. The Hall–Kier alpha value is -1.68. The minimum Gasteiger partial charge on any atom is -0.326 e. The van der Waals surface area contributed by atoms with E-state index in [-0.39, 0.29) is 6.04 Å². The lowest BCUT2D eigenvalue weighted by Crippen LogP contribution is -2.28. The quantitative estimate of drug-likeness (QED) is 0.799. The topological polar surface area (TPSA) is 56.7 Å². The van der Waals surface area contributed by atoms with Gasteiger partial charge in [-0.05, 0) is 12.0 Å². The Morgan fingerprint density at radius 2 is 2.07 bits per heavy atom. The highest BCUT2D eigenvalue weighted by atomic mass is 15.3. The van der Waals surface area contributed by atoms with Crippen LogP contribution < -0.4 is 5.73 Å². The molecule has 2 rings (SSSR count). The van der Waals surface area contributed by atoms with E-state index in [1.54, 1.807) is 11.0 Å². The molecule has 2 aromatic rings. The van der Waals surface area contributed by atoms with Crippen molar-refractivity contribution < 1.29 is 0 Å². The lowest BCUT2D eigenvalue weighted by atomic mass is 10.1. The first-order chi connectivity index (χ1) is 7.34. The van der Waals surface area contributed by atoms with Crippen molar-refractivity contribution in [3.8, 4) is 0 Å². The third kappa shape index (κ3) is 2.89. The summed E-state index contributed by atoms with van der Waals surface area (Å²) in [5, 5.41) is 4.02. The predicted molar refractivity (Wildman–Crippen MR) is 58.1 cm³/mol. The van der Waals surface area contributed by atoms with Crippen LogP contribution in [-0.4, -0.2) is 20.8 Å². The minimum absolute atomic E-state index is 0.0779. The maximum Gasteiger partial charge on any atom is 0.137 e. The number of aromatic nitrogens is 3. The Labute approximate surface area is 88.8 Å². The molecule has 0 spiro atoms. The lowest BCUT2D eigenvalue weighted by molar-refractivity contribution is 0.507. The molecular weight excluding hydrogens is 188 g/mol. The van der Waals surface area contributed by atoms with Gasteiger partial charge < -0.3 is 5.73 Å². The fourth-order valence-electron chi connectivity index (χ4n) is 1.55. The second-order valence-electron chi connectivity index (χ2n) is 3.57. The average Bonchev–Trinajstić information content (AvgIpc) is 2.71. The smallest absolute Gasteiger partial charge is 0.137 e. The Bertz CT molecular complexity index is 382. The number of hydrogen-bond donors (Lipinski definition) is 1. The van der Waals surface area contributed by atoms with E-state index in [0.717, 1.165) is 6.42 Å². The van der Waals surface area contributed by atoms with E-state index in [9.17, 15) is 0 Å². The Morgan fingerprint density at radius 1 is 1.27 bits per heavy atom. The second kappa shape index (κ2) is 4.70. The molecule has 1 atom stereocenters. The van der Waals surface area contributed by atoms with Gasteiger partial charge in [-0.25, -0.2) is 4.98 Å². The standard InChI is InChI=1S/C11H14N4/c12-11(7-15-9-13-8-14-15)6-10-4-2-1-3-5-10/h1-5,8-9,11H,6-7,12H2/t11-/m0/s1. The molecule has 0 amide bonds. The van der Waals surface area contributed by atoms with Gasteiger partial charge in [-0.2, -0.15) is 5.10 Å². The van der Waals surface area contributed by atoms with E-state index in [4.69, 9.17) is 5.73 Å². The largest absolute Gasteiger partial charge is 0.326 e. The van der Waals surface area contributed by atoms with Gasteiger partial charge in [0.1, 0.15) is 12.7 Å². The van der Waals surface area contributed by atoms with Crippen LogP contribution in [0.3, 0.4) is 0 Å². The molecule has 1 aromatic carbocycles. The first-order valence-corrected chi connectivity index (χ1v) is 4.96.